The number of fused-ring (bicyclic) bond motifs is 4. The molecule has 7 heteroatoms. The van der Waals surface area contributed by atoms with E-state index in [4.69, 9.17) is 0 Å². The van der Waals surface area contributed by atoms with Crippen molar-refractivity contribution in [2.75, 3.05) is 4.90 Å². The van der Waals surface area contributed by atoms with Crippen molar-refractivity contribution in [1.82, 2.24) is 15.2 Å². The molecule has 0 spiro atoms. The molecule has 7 rings (SSSR count). The van der Waals surface area contributed by atoms with Gasteiger partial charge in [-0.25, -0.2) is 9.69 Å². The molecule has 2 aliphatic heterocycles. The zero-order valence-electron chi connectivity index (χ0n) is 22.5. The Morgan fingerprint density at radius 1 is 0.878 bits per heavy atom. The molecule has 3 heterocycles. The van der Waals surface area contributed by atoms with E-state index in [-0.39, 0.29) is 17.4 Å². The van der Waals surface area contributed by atoms with Gasteiger partial charge < -0.3 is 10.3 Å². The van der Waals surface area contributed by atoms with Crippen LogP contribution in [0.25, 0.3) is 10.9 Å². The highest BCUT2D eigenvalue weighted by molar-refractivity contribution is 6.24. The van der Waals surface area contributed by atoms with Crippen LogP contribution in [0.1, 0.15) is 44.3 Å². The number of para-hydroxylation sites is 2. The molecule has 0 unspecified atom stereocenters. The summed E-state index contributed by atoms with van der Waals surface area (Å²) in [6.45, 7) is 2.36. The number of carbonyl (C=O) groups excluding carboxylic acids is 3. The Hall–Kier alpha value is -5.17. The Labute approximate surface area is 237 Å². The standard InChI is InChI=1S/C34H28N4O3/c1-21-15-17-23(18-16-21)31-30-26(24-11-5-7-13-27(24)36-30)19-29-33(40)38(34(41)37(29)31)28-14-8-6-12-25(28)32(39)35-20-22-9-3-2-4-10-22/h2-18,29,31,36H,19-20H2,1H3,(H,35,39)/t29-,31-/m0/s1. The van der Waals surface area contributed by atoms with Gasteiger partial charge in [0, 0.05) is 29.6 Å². The van der Waals surface area contributed by atoms with E-state index in [0.717, 1.165) is 38.9 Å². The maximum absolute atomic E-state index is 14.3. The molecule has 1 fully saturated rings. The van der Waals surface area contributed by atoms with E-state index < -0.39 is 18.1 Å². The van der Waals surface area contributed by atoms with Gasteiger partial charge >= 0.3 is 6.03 Å². The molecule has 0 bridgehead atoms. The first-order valence-corrected chi connectivity index (χ1v) is 13.7. The highest BCUT2D eigenvalue weighted by Gasteiger charge is 2.53. The molecule has 4 aromatic carbocycles. The van der Waals surface area contributed by atoms with Gasteiger partial charge in [0.25, 0.3) is 11.8 Å². The molecular formula is C34H28N4O3. The number of imide groups is 1. The van der Waals surface area contributed by atoms with Crippen molar-refractivity contribution in [3.8, 4) is 0 Å². The lowest BCUT2D eigenvalue weighted by molar-refractivity contribution is -0.120. The number of hydrogen-bond donors (Lipinski definition) is 2. The zero-order chi connectivity index (χ0) is 28.1. The topological polar surface area (TPSA) is 85.5 Å². The highest BCUT2D eigenvalue weighted by Crippen LogP contribution is 2.45. The van der Waals surface area contributed by atoms with Crippen LogP contribution in [0.3, 0.4) is 0 Å². The molecule has 1 saturated heterocycles. The number of nitrogens with one attached hydrogen (secondary N) is 2. The number of anilines is 1. The highest BCUT2D eigenvalue weighted by atomic mass is 16.2. The first-order chi connectivity index (χ1) is 20.0. The second-order valence-corrected chi connectivity index (χ2v) is 10.6. The molecule has 1 aromatic heterocycles. The molecular weight excluding hydrogens is 512 g/mol. The summed E-state index contributed by atoms with van der Waals surface area (Å²) in [4.78, 5) is 48.2. The third kappa shape index (κ3) is 4.09. The summed E-state index contributed by atoms with van der Waals surface area (Å²) in [5.41, 5.74) is 6.50. The van der Waals surface area contributed by atoms with E-state index in [0.29, 0.717) is 18.7 Å². The van der Waals surface area contributed by atoms with Gasteiger partial charge in [0.15, 0.2) is 0 Å². The fourth-order valence-electron chi connectivity index (χ4n) is 6.13. The van der Waals surface area contributed by atoms with Crippen molar-refractivity contribution in [1.29, 1.82) is 0 Å². The lowest BCUT2D eigenvalue weighted by Gasteiger charge is -2.36. The minimum Gasteiger partial charge on any atom is -0.356 e. The number of rotatable bonds is 5. The molecule has 2 aliphatic rings. The summed E-state index contributed by atoms with van der Waals surface area (Å²) >= 11 is 0. The number of H-pyrrole nitrogens is 1. The average molecular weight is 541 g/mol. The van der Waals surface area contributed by atoms with E-state index in [1.54, 1.807) is 29.2 Å². The maximum atomic E-state index is 14.3. The van der Waals surface area contributed by atoms with Gasteiger partial charge in [0.1, 0.15) is 12.1 Å². The fraction of sp³-hybridized carbons (Fsp3) is 0.147. The summed E-state index contributed by atoms with van der Waals surface area (Å²) in [5.74, 6) is -0.674. The molecule has 0 saturated carbocycles. The zero-order valence-corrected chi connectivity index (χ0v) is 22.5. The molecule has 7 nitrogen and oxygen atoms in total. The lowest BCUT2D eigenvalue weighted by atomic mass is 9.88. The predicted octanol–water partition coefficient (Wildman–Crippen LogP) is 5.89. The maximum Gasteiger partial charge on any atom is 0.332 e. The number of benzene rings is 4. The van der Waals surface area contributed by atoms with Crippen LogP contribution < -0.4 is 10.2 Å². The van der Waals surface area contributed by atoms with E-state index in [2.05, 4.69) is 16.4 Å². The molecule has 0 radical (unpaired) electrons. The largest absolute Gasteiger partial charge is 0.356 e. The molecule has 41 heavy (non-hydrogen) atoms. The molecule has 0 aliphatic carbocycles. The smallest absolute Gasteiger partial charge is 0.332 e. The van der Waals surface area contributed by atoms with Gasteiger partial charge in [0.05, 0.1) is 11.3 Å². The van der Waals surface area contributed by atoms with Gasteiger partial charge in [-0.1, -0.05) is 90.5 Å². The average Bonchev–Trinajstić information content (AvgIpc) is 3.50. The van der Waals surface area contributed by atoms with Crippen molar-refractivity contribution in [2.24, 2.45) is 0 Å². The Bertz CT molecular complexity index is 1810. The van der Waals surface area contributed by atoms with Crippen molar-refractivity contribution in [2.45, 2.75) is 32.0 Å². The molecule has 5 aromatic rings. The number of aromatic amines is 1. The van der Waals surface area contributed by atoms with Crippen LogP contribution in [0.5, 0.6) is 0 Å². The number of amides is 4. The van der Waals surface area contributed by atoms with Gasteiger partial charge in [-0.15, -0.1) is 0 Å². The summed E-state index contributed by atoms with van der Waals surface area (Å²) in [5, 5.41) is 3.99. The van der Waals surface area contributed by atoms with Gasteiger partial charge in [-0.05, 0) is 41.8 Å². The summed E-state index contributed by atoms with van der Waals surface area (Å²) < 4.78 is 0. The van der Waals surface area contributed by atoms with Gasteiger partial charge in [-0.3, -0.25) is 14.5 Å². The molecule has 2 N–H and O–H groups in total. The summed E-state index contributed by atoms with van der Waals surface area (Å²) in [7, 11) is 0. The number of aryl methyl sites for hydroxylation is 1. The van der Waals surface area contributed by atoms with Crippen molar-refractivity contribution in [3.63, 3.8) is 0 Å². The number of aromatic nitrogens is 1. The van der Waals surface area contributed by atoms with Crippen LogP contribution in [-0.2, 0) is 17.8 Å². The van der Waals surface area contributed by atoms with Crippen LogP contribution in [0.15, 0.2) is 103 Å². The first-order valence-electron chi connectivity index (χ1n) is 13.7. The van der Waals surface area contributed by atoms with Crippen molar-refractivity contribution >= 4 is 34.4 Å². The second kappa shape index (κ2) is 9.78. The predicted molar refractivity (Wildman–Crippen MR) is 158 cm³/mol. The Morgan fingerprint density at radius 2 is 1.59 bits per heavy atom. The third-order valence-corrected chi connectivity index (χ3v) is 8.13. The number of carbonyl (C=O) groups is 3. The number of nitrogens with zero attached hydrogens (tertiary/aromatic N) is 2. The fourth-order valence-corrected chi connectivity index (χ4v) is 6.13. The first kappa shape index (κ1) is 24.8. The number of urea groups is 1. The number of hydrogen-bond acceptors (Lipinski definition) is 3. The Kier molecular flexibility index (Phi) is 5.93. The van der Waals surface area contributed by atoms with E-state index in [9.17, 15) is 14.4 Å². The molecule has 4 amide bonds. The van der Waals surface area contributed by atoms with Crippen LogP contribution in [0.2, 0.25) is 0 Å². The third-order valence-electron chi connectivity index (χ3n) is 8.13. The minimum atomic E-state index is -0.694. The second-order valence-electron chi connectivity index (χ2n) is 10.6. The van der Waals surface area contributed by atoms with Crippen molar-refractivity contribution < 1.29 is 14.4 Å². The monoisotopic (exact) mass is 540 g/mol. The van der Waals surface area contributed by atoms with Gasteiger partial charge in [0.2, 0.25) is 0 Å². The van der Waals surface area contributed by atoms with E-state index >= 15 is 0 Å². The Balaban J connectivity index is 1.29. The SMILES string of the molecule is Cc1ccc([C@H]2c3[nH]c4ccccc4c3C[C@H]3C(=O)N(c4ccccc4C(=O)NCc4ccccc4)C(=O)N23)cc1. The minimum absolute atomic E-state index is 0.279. The summed E-state index contributed by atoms with van der Waals surface area (Å²) in [6.07, 6.45) is 0.394. The molecule has 2 atom stereocenters. The van der Waals surface area contributed by atoms with Crippen LogP contribution in [0.4, 0.5) is 10.5 Å². The Morgan fingerprint density at radius 3 is 2.39 bits per heavy atom. The lowest BCUT2D eigenvalue weighted by Crippen LogP contribution is -2.44. The van der Waals surface area contributed by atoms with Crippen molar-refractivity contribution in [3.05, 3.63) is 137 Å². The quantitative estimate of drug-likeness (QED) is 0.273. The summed E-state index contributed by atoms with van der Waals surface area (Å²) in [6, 6.07) is 30.9. The van der Waals surface area contributed by atoms with Crippen LogP contribution in [-0.4, -0.2) is 33.8 Å². The van der Waals surface area contributed by atoms with Crippen LogP contribution >= 0.6 is 0 Å². The van der Waals surface area contributed by atoms with E-state index in [1.807, 2.05) is 79.7 Å². The molecule has 202 valence electrons. The van der Waals surface area contributed by atoms with E-state index in [1.165, 1.54) is 4.90 Å². The normalized spacial score (nSPS) is 18.0. The van der Waals surface area contributed by atoms with Crippen LogP contribution in [0, 0.1) is 6.92 Å². The van der Waals surface area contributed by atoms with Gasteiger partial charge in [-0.2, -0.15) is 0 Å².